The lowest BCUT2D eigenvalue weighted by Crippen LogP contribution is -2.29. The first-order valence-corrected chi connectivity index (χ1v) is 10.3. The molecule has 7 heteroatoms. The van der Waals surface area contributed by atoms with Crippen LogP contribution in [0.1, 0.15) is 36.7 Å². The Morgan fingerprint density at radius 2 is 1.75 bits per heavy atom. The number of carbonyl (C=O) groups excluding carboxylic acids is 2. The Morgan fingerprint density at radius 3 is 2.38 bits per heavy atom. The van der Waals surface area contributed by atoms with E-state index in [9.17, 15) is 14.7 Å². The van der Waals surface area contributed by atoms with E-state index in [4.69, 9.17) is 4.74 Å². The number of hydrogen-bond donors (Lipinski definition) is 1. The number of hydrogen-bond acceptors (Lipinski definition) is 6. The fraction of sp³-hybridized carbons (Fsp3) is 0.200. The van der Waals surface area contributed by atoms with Crippen LogP contribution in [-0.4, -0.2) is 37.8 Å². The predicted molar refractivity (Wildman–Crippen MR) is 119 cm³/mol. The molecule has 4 rings (SSSR count). The highest BCUT2D eigenvalue weighted by Crippen LogP contribution is 2.40. The lowest BCUT2D eigenvalue weighted by atomic mass is 9.96. The van der Waals surface area contributed by atoms with Gasteiger partial charge in [0.15, 0.2) is 0 Å². The number of ether oxygens (including phenoxy) is 1. The number of amides is 1. The van der Waals surface area contributed by atoms with Crippen LogP contribution in [-0.2, 0) is 16.1 Å². The summed E-state index contributed by atoms with van der Waals surface area (Å²) in [4.78, 5) is 35.8. The molecule has 1 fully saturated rings. The Kier molecular flexibility index (Phi) is 5.98. The molecule has 1 unspecified atom stereocenters. The van der Waals surface area contributed by atoms with E-state index in [1.807, 2.05) is 19.9 Å². The van der Waals surface area contributed by atoms with E-state index < -0.39 is 17.7 Å². The second-order valence-electron chi connectivity index (χ2n) is 7.72. The van der Waals surface area contributed by atoms with Gasteiger partial charge in [-0.25, -0.2) is 0 Å². The fourth-order valence-electron chi connectivity index (χ4n) is 3.72. The zero-order valence-electron chi connectivity index (χ0n) is 17.8. The Labute approximate surface area is 186 Å². The van der Waals surface area contributed by atoms with Gasteiger partial charge in [0.1, 0.15) is 11.5 Å². The van der Waals surface area contributed by atoms with Crippen LogP contribution in [0.25, 0.3) is 5.76 Å². The van der Waals surface area contributed by atoms with E-state index in [0.717, 1.165) is 0 Å². The largest absolute Gasteiger partial charge is 0.507 e. The highest BCUT2D eigenvalue weighted by molar-refractivity contribution is 6.46. The van der Waals surface area contributed by atoms with Gasteiger partial charge in [-0.2, -0.15) is 0 Å². The third-order valence-electron chi connectivity index (χ3n) is 5.12. The van der Waals surface area contributed by atoms with Crippen molar-refractivity contribution in [1.82, 2.24) is 14.9 Å². The smallest absolute Gasteiger partial charge is 0.296 e. The van der Waals surface area contributed by atoms with Crippen molar-refractivity contribution < 1.29 is 19.4 Å². The summed E-state index contributed by atoms with van der Waals surface area (Å²) in [6.45, 7) is 3.98. The van der Waals surface area contributed by atoms with Crippen LogP contribution in [0.3, 0.4) is 0 Å². The van der Waals surface area contributed by atoms with Gasteiger partial charge < -0.3 is 14.7 Å². The van der Waals surface area contributed by atoms with Gasteiger partial charge in [0.25, 0.3) is 11.7 Å². The van der Waals surface area contributed by atoms with Crippen molar-refractivity contribution in [1.29, 1.82) is 0 Å². The molecule has 0 radical (unpaired) electrons. The molecule has 1 saturated heterocycles. The van der Waals surface area contributed by atoms with Crippen LogP contribution in [0, 0.1) is 0 Å². The number of Topliss-reactive ketones (excluding diaryl/α,β-unsaturated/α-hetero) is 1. The number of aliphatic hydroxyl groups excluding tert-OH is 1. The average Bonchev–Trinajstić information content (AvgIpc) is 3.05. The van der Waals surface area contributed by atoms with Gasteiger partial charge in [-0.15, -0.1) is 0 Å². The van der Waals surface area contributed by atoms with Crippen molar-refractivity contribution in [2.75, 3.05) is 0 Å². The molecule has 32 heavy (non-hydrogen) atoms. The number of aliphatic hydroxyl groups is 1. The summed E-state index contributed by atoms with van der Waals surface area (Å²) >= 11 is 0. The van der Waals surface area contributed by atoms with Crippen molar-refractivity contribution in [3.8, 4) is 5.75 Å². The van der Waals surface area contributed by atoms with Gasteiger partial charge in [0.2, 0.25) is 0 Å². The minimum Gasteiger partial charge on any atom is -0.507 e. The van der Waals surface area contributed by atoms with Crippen LogP contribution in [0.4, 0.5) is 0 Å². The zero-order valence-corrected chi connectivity index (χ0v) is 17.8. The first-order chi connectivity index (χ1) is 15.5. The fourth-order valence-corrected chi connectivity index (χ4v) is 3.72. The highest BCUT2D eigenvalue weighted by atomic mass is 16.5. The van der Waals surface area contributed by atoms with Gasteiger partial charge in [-0.1, -0.05) is 6.07 Å². The molecule has 1 amide bonds. The first kappa shape index (κ1) is 21.2. The van der Waals surface area contributed by atoms with Gasteiger partial charge in [-0.05, 0) is 67.9 Å². The number of likely N-dealkylation sites (tertiary alicyclic amines) is 1. The lowest BCUT2D eigenvalue weighted by Gasteiger charge is -2.25. The van der Waals surface area contributed by atoms with Crippen LogP contribution in [0.5, 0.6) is 5.75 Å². The maximum absolute atomic E-state index is 13.0. The van der Waals surface area contributed by atoms with Gasteiger partial charge in [0, 0.05) is 24.2 Å². The second-order valence-corrected chi connectivity index (χ2v) is 7.72. The van der Waals surface area contributed by atoms with Gasteiger partial charge >= 0.3 is 0 Å². The molecule has 1 aliphatic rings. The summed E-state index contributed by atoms with van der Waals surface area (Å²) in [6, 6.07) is 14.9. The summed E-state index contributed by atoms with van der Waals surface area (Å²) in [5, 5.41) is 11.1. The summed E-state index contributed by atoms with van der Waals surface area (Å²) in [5.74, 6) is -0.996. The molecule has 1 N–H and O–H groups in total. The molecule has 3 heterocycles. The standard InChI is InChI=1S/C25H23N3O4/c1-16(2)32-20-8-6-18(7-9-20)23(29)21-22(17-10-13-26-14-11-17)28(25(31)24(21)30)15-19-5-3-4-12-27-19/h3-14,16,22,29H,15H2,1-2H3/b23-21+. The topological polar surface area (TPSA) is 92.6 Å². The quantitative estimate of drug-likeness (QED) is 0.363. The third kappa shape index (κ3) is 4.23. The molecule has 0 saturated carbocycles. The minimum absolute atomic E-state index is 0.0121. The number of nitrogens with zero attached hydrogens (tertiary/aromatic N) is 3. The number of benzene rings is 1. The van der Waals surface area contributed by atoms with Crippen LogP contribution in [0.15, 0.2) is 78.8 Å². The number of ketones is 1. The Hall–Kier alpha value is -4.00. The molecule has 2 aromatic heterocycles. The molecule has 1 atom stereocenters. The predicted octanol–water partition coefficient (Wildman–Crippen LogP) is 3.89. The maximum Gasteiger partial charge on any atom is 0.296 e. The van der Waals surface area contributed by atoms with E-state index in [2.05, 4.69) is 9.97 Å². The maximum atomic E-state index is 13.0. The summed E-state index contributed by atoms with van der Waals surface area (Å²) in [5.41, 5.74) is 1.78. The van der Waals surface area contributed by atoms with Crippen molar-refractivity contribution in [2.45, 2.75) is 32.5 Å². The van der Waals surface area contributed by atoms with Crippen molar-refractivity contribution in [2.24, 2.45) is 0 Å². The van der Waals surface area contributed by atoms with Gasteiger partial charge in [-0.3, -0.25) is 19.6 Å². The van der Waals surface area contributed by atoms with E-state index in [1.165, 1.54) is 4.90 Å². The summed E-state index contributed by atoms with van der Waals surface area (Å²) in [6.07, 6.45) is 4.83. The first-order valence-electron chi connectivity index (χ1n) is 10.3. The van der Waals surface area contributed by atoms with E-state index in [0.29, 0.717) is 22.6 Å². The van der Waals surface area contributed by atoms with Crippen LogP contribution in [0.2, 0.25) is 0 Å². The number of pyridine rings is 2. The summed E-state index contributed by atoms with van der Waals surface area (Å²) in [7, 11) is 0. The minimum atomic E-state index is -0.758. The molecule has 162 valence electrons. The molecule has 0 spiro atoms. The Morgan fingerprint density at radius 1 is 1.03 bits per heavy atom. The van der Waals surface area contributed by atoms with Gasteiger partial charge in [0.05, 0.1) is 30.0 Å². The molecule has 7 nitrogen and oxygen atoms in total. The zero-order chi connectivity index (χ0) is 22.7. The van der Waals surface area contributed by atoms with Crippen molar-refractivity contribution in [3.63, 3.8) is 0 Å². The third-order valence-corrected chi connectivity index (χ3v) is 5.12. The van der Waals surface area contributed by atoms with Crippen molar-refractivity contribution in [3.05, 3.63) is 95.6 Å². The monoisotopic (exact) mass is 429 g/mol. The Balaban J connectivity index is 1.78. The highest BCUT2D eigenvalue weighted by Gasteiger charge is 2.46. The molecule has 0 aliphatic carbocycles. The molecular weight excluding hydrogens is 406 g/mol. The molecule has 1 aliphatic heterocycles. The molecular formula is C25H23N3O4. The van der Waals surface area contributed by atoms with E-state index in [1.54, 1.807) is 67.1 Å². The number of carbonyl (C=O) groups is 2. The summed E-state index contributed by atoms with van der Waals surface area (Å²) < 4.78 is 5.65. The molecule has 0 bridgehead atoms. The van der Waals surface area contributed by atoms with E-state index in [-0.39, 0.29) is 24.0 Å². The Bertz CT molecular complexity index is 1140. The van der Waals surface area contributed by atoms with Crippen molar-refractivity contribution >= 4 is 17.4 Å². The second kappa shape index (κ2) is 9.01. The SMILES string of the molecule is CC(C)Oc1ccc(/C(O)=C2\C(=O)C(=O)N(Cc3ccccn3)C2c2ccncc2)cc1. The van der Waals surface area contributed by atoms with Crippen LogP contribution < -0.4 is 4.74 Å². The molecule has 1 aromatic carbocycles. The van der Waals surface area contributed by atoms with E-state index >= 15 is 0 Å². The lowest BCUT2D eigenvalue weighted by molar-refractivity contribution is -0.140. The normalized spacial score (nSPS) is 17.7. The van der Waals surface area contributed by atoms with Crippen LogP contribution >= 0.6 is 0 Å². The number of rotatable bonds is 6. The molecule has 3 aromatic rings. The average molecular weight is 429 g/mol. The number of aromatic nitrogens is 2.